The summed E-state index contributed by atoms with van der Waals surface area (Å²) in [5.41, 5.74) is 4.47. The predicted octanol–water partition coefficient (Wildman–Crippen LogP) is 1.60. The van der Waals surface area contributed by atoms with Crippen LogP contribution in [-0.2, 0) is 4.79 Å². The summed E-state index contributed by atoms with van der Waals surface area (Å²) in [5.74, 6) is -0.00201. The topological polar surface area (TPSA) is 66.6 Å². The van der Waals surface area contributed by atoms with Gasteiger partial charge in [-0.1, -0.05) is 37.9 Å². The van der Waals surface area contributed by atoms with Crippen LogP contribution < -0.4 is 5.73 Å². The molecule has 2 rings (SSSR count). The van der Waals surface area contributed by atoms with Crippen LogP contribution >= 0.6 is 12.2 Å². The minimum absolute atomic E-state index is 0.00201. The van der Waals surface area contributed by atoms with Gasteiger partial charge >= 0.3 is 0 Å². The monoisotopic (exact) mass is 284 g/mol. The van der Waals surface area contributed by atoms with Gasteiger partial charge in [-0.2, -0.15) is 0 Å². The number of carbonyl (C=O) groups is 1. The Labute approximate surface area is 120 Å². The van der Waals surface area contributed by atoms with Gasteiger partial charge in [-0.05, 0) is 25.7 Å². The number of hydrogen-bond acceptors (Lipinski definition) is 3. The first-order valence-corrected chi connectivity index (χ1v) is 7.58. The maximum atomic E-state index is 12.7. The highest BCUT2D eigenvalue weighted by Crippen LogP contribution is 2.40. The van der Waals surface area contributed by atoms with Crippen LogP contribution in [0.15, 0.2) is 0 Å². The third-order valence-electron chi connectivity index (χ3n) is 4.75. The lowest BCUT2D eigenvalue weighted by Crippen LogP contribution is -2.51. The van der Waals surface area contributed by atoms with E-state index in [1.165, 1.54) is 0 Å². The van der Waals surface area contributed by atoms with E-state index >= 15 is 0 Å². The number of aliphatic hydroxyl groups is 1. The molecule has 2 aliphatic rings. The molecule has 0 spiro atoms. The summed E-state index contributed by atoms with van der Waals surface area (Å²) in [6.07, 6.45) is 7.16. The Hall–Kier alpha value is -0.680. The zero-order valence-electron chi connectivity index (χ0n) is 11.7. The predicted molar refractivity (Wildman–Crippen MR) is 78.7 cm³/mol. The highest BCUT2D eigenvalue weighted by atomic mass is 32.1. The molecule has 0 radical (unpaired) electrons. The highest BCUT2D eigenvalue weighted by Gasteiger charge is 2.46. The molecule has 0 saturated heterocycles. The number of thiocarbonyl (C=S) groups is 1. The van der Waals surface area contributed by atoms with Crippen LogP contribution in [0.4, 0.5) is 0 Å². The Bertz CT molecular complexity index is 372. The van der Waals surface area contributed by atoms with E-state index in [1.54, 1.807) is 11.9 Å². The Balaban J connectivity index is 2.07. The first-order chi connectivity index (χ1) is 8.90. The van der Waals surface area contributed by atoms with Crippen LogP contribution in [0, 0.1) is 5.41 Å². The molecule has 0 aromatic rings. The van der Waals surface area contributed by atoms with Crippen molar-refractivity contribution in [2.24, 2.45) is 11.1 Å². The maximum Gasteiger partial charge on any atom is 0.235 e. The quantitative estimate of drug-likeness (QED) is 0.770. The zero-order valence-corrected chi connectivity index (χ0v) is 12.5. The molecule has 0 bridgehead atoms. The molecule has 19 heavy (non-hydrogen) atoms. The molecule has 5 heteroatoms. The first-order valence-electron chi connectivity index (χ1n) is 7.18. The largest absolute Gasteiger partial charge is 0.392 e. The lowest BCUT2D eigenvalue weighted by Gasteiger charge is -2.35. The number of nitrogens with two attached hydrogens (primary N) is 1. The standard InChI is InChI=1S/C14H24N2O2S/c1-16(10-13(18)6-2-3-7-13)12(17)14(11(15)19)8-4-5-9-14/h18H,2-10H2,1H3,(H2,15,19). The van der Waals surface area contributed by atoms with Crippen molar-refractivity contribution in [1.82, 2.24) is 4.90 Å². The lowest BCUT2D eigenvalue weighted by molar-refractivity contribution is -0.140. The van der Waals surface area contributed by atoms with Gasteiger partial charge in [-0.25, -0.2) is 0 Å². The Morgan fingerprint density at radius 2 is 1.68 bits per heavy atom. The SMILES string of the molecule is CN(CC1(O)CCCC1)C(=O)C1(C(N)=S)CCCC1. The summed E-state index contributed by atoms with van der Waals surface area (Å²) in [4.78, 5) is 14.7. The summed E-state index contributed by atoms with van der Waals surface area (Å²) < 4.78 is 0. The second-order valence-electron chi connectivity index (χ2n) is 6.25. The van der Waals surface area contributed by atoms with Crippen LogP contribution in [0.2, 0.25) is 0 Å². The molecule has 108 valence electrons. The minimum Gasteiger partial charge on any atom is -0.392 e. The van der Waals surface area contributed by atoms with Crippen molar-refractivity contribution in [3.63, 3.8) is 0 Å². The highest BCUT2D eigenvalue weighted by molar-refractivity contribution is 7.80. The molecule has 0 unspecified atom stereocenters. The van der Waals surface area contributed by atoms with E-state index in [9.17, 15) is 9.90 Å². The number of nitrogens with zero attached hydrogens (tertiary/aromatic N) is 1. The van der Waals surface area contributed by atoms with E-state index in [4.69, 9.17) is 18.0 Å². The van der Waals surface area contributed by atoms with Crippen molar-refractivity contribution in [3.05, 3.63) is 0 Å². The van der Waals surface area contributed by atoms with E-state index in [2.05, 4.69) is 0 Å². The molecule has 3 N–H and O–H groups in total. The number of carbonyl (C=O) groups excluding carboxylic acids is 1. The molecule has 0 atom stereocenters. The van der Waals surface area contributed by atoms with Crippen LogP contribution in [0.5, 0.6) is 0 Å². The van der Waals surface area contributed by atoms with Gasteiger partial charge in [-0.15, -0.1) is 0 Å². The normalized spacial score (nSPS) is 24.3. The molecule has 0 aliphatic heterocycles. The third kappa shape index (κ3) is 2.77. The van der Waals surface area contributed by atoms with Crippen molar-refractivity contribution < 1.29 is 9.90 Å². The lowest BCUT2D eigenvalue weighted by atomic mass is 9.84. The molecule has 1 amide bonds. The fraction of sp³-hybridized carbons (Fsp3) is 0.857. The van der Waals surface area contributed by atoms with Crippen molar-refractivity contribution >= 4 is 23.1 Å². The molecule has 2 saturated carbocycles. The number of hydrogen-bond donors (Lipinski definition) is 2. The summed E-state index contributed by atoms with van der Waals surface area (Å²) in [7, 11) is 1.76. The molecular formula is C14H24N2O2S. The van der Waals surface area contributed by atoms with Crippen LogP contribution in [0.1, 0.15) is 51.4 Å². The van der Waals surface area contributed by atoms with Crippen molar-refractivity contribution in [2.75, 3.05) is 13.6 Å². The summed E-state index contributed by atoms with van der Waals surface area (Å²) >= 11 is 5.14. The van der Waals surface area contributed by atoms with E-state index in [-0.39, 0.29) is 5.91 Å². The second-order valence-corrected chi connectivity index (χ2v) is 6.69. The summed E-state index contributed by atoms with van der Waals surface area (Å²) in [6, 6.07) is 0. The first kappa shape index (κ1) is 14.7. The number of rotatable bonds is 4. The average molecular weight is 284 g/mol. The molecule has 4 nitrogen and oxygen atoms in total. The van der Waals surface area contributed by atoms with E-state index < -0.39 is 11.0 Å². The second kappa shape index (κ2) is 5.37. The summed E-state index contributed by atoms with van der Waals surface area (Å²) in [6.45, 7) is 0.399. The summed E-state index contributed by atoms with van der Waals surface area (Å²) in [5, 5.41) is 10.4. The Kier molecular flexibility index (Phi) is 4.16. The molecule has 2 aliphatic carbocycles. The van der Waals surface area contributed by atoms with Gasteiger partial charge < -0.3 is 15.7 Å². The van der Waals surface area contributed by atoms with Gasteiger partial charge in [0.05, 0.1) is 16.0 Å². The van der Waals surface area contributed by atoms with Crippen LogP contribution in [0.3, 0.4) is 0 Å². The van der Waals surface area contributed by atoms with Gasteiger partial charge in [0.1, 0.15) is 0 Å². The zero-order chi connectivity index (χ0) is 14.1. The average Bonchev–Trinajstić information content (AvgIpc) is 2.97. The fourth-order valence-electron chi connectivity index (χ4n) is 3.61. The minimum atomic E-state index is -0.708. The third-order valence-corrected chi connectivity index (χ3v) is 5.14. The van der Waals surface area contributed by atoms with Gasteiger partial charge in [0.15, 0.2) is 0 Å². The maximum absolute atomic E-state index is 12.7. The number of likely N-dealkylation sites (N-methyl/N-ethyl adjacent to an activating group) is 1. The van der Waals surface area contributed by atoms with E-state index in [0.717, 1.165) is 51.4 Å². The Morgan fingerprint density at radius 1 is 1.21 bits per heavy atom. The number of amides is 1. The van der Waals surface area contributed by atoms with E-state index in [0.29, 0.717) is 11.5 Å². The van der Waals surface area contributed by atoms with Crippen LogP contribution in [-0.4, -0.2) is 40.1 Å². The smallest absolute Gasteiger partial charge is 0.235 e. The molecule has 0 aromatic carbocycles. The van der Waals surface area contributed by atoms with Gasteiger partial charge in [-0.3, -0.25) is 4.79 Å². The molecule has 0 heterocycles. The van der Waals surface area contributed by atoms with Crippen molar-refractivity contribution in [3.8, 4) is 0 Å². The van der Waals surface area contributed by atoms with Gasteiger partial charge in [0, 0.05) is 13.6 Å². The molecular weight excluding hydrogens is 260 g/mol. The fourth-order valence-corrected chi connectivity index (χ4v) is 3.91. The van der Waals surface area contributed by atoms with Crippen molar-refractivity contribution in [2.45, 2.75) is 57.0 Å². The van der Waals surface area contributed by atoms with Crippen LogP contribution in [0.25, 0.3) is 0 Å². The molecule has 0 aromatic heterocycles. The molecule has 2 fully saturated rings. The van der Waals surface area contributed by atoms with Gasteiger partial charge in [0.2, 0.25) is 5.91 Å². The van der Waals surface area contributed by atoms with Crippen molar-refractivity contribution in [1.29, 1.82) is 0 Å². The van der Waals surface area contributed by atoms with E-state index in [1.807, 2.05) is 0 Å². The van der Waals surface area contributed by atoms with Gasteiger partial charge in [0.25, 0.3) is 0 Å². The Morgan fingerprint density at radius 3 is 2.16 bits per heavy atom.